The highest BCUT2D eigenvalue weighted by Gasteiger charge is 2.18. The van der Waals surface area contributed by atoms with Gasteiger partial charge in [0.1, 0.15) is 5.75 Å². The second-order valence-corrected chi connectivity index (χ2v) is 7.44. The molecule has 5 nitrogen and oxygen atoms in total. The van der Waals surface area contributed by atoms with Crippen molar-refractivity contribution in [3.63, 3.8) is 0 Å². The molecular weight excluding hydrogens is 382 g/mol. The molecule has 0 radical (unpaired) electrons. The van der Waals surface area contributed by atoms with Crippen molar-refractivity contribution in [2.24, 2.45) is 0 Å². The lowest BCUT2D eigenvalue weighted by molar-refractivity contribution is -0.110. The molecule has 23 heavy (non-hydrogen) atoms. The van der Waals surface area contributed by atoms with Gasteiger partial charge in [-0.2, -0.15) is 8.42 Å². The van der Waals surface area contributed by atoms with Crippen LogP contribution in [0.5, 0.6) is 5.75 Å². The van der Waals surface area contributed by atoms with Crippen molar-refractivity contribution in [1.29, 1.82) is 0 Å². The molecule has 0 fully saturated rings. The maximum Gasteiger partial charge on any atom is 0.309 e. The molecule has 0 heterocycles. The van der Waals surface area contributed by atoms with E-state index in [1.54, 1.807) is 30.3 Å². The van der Waals surface area contributed by atoms with Crippen LogP contribution in [0.25, 0.3) is 0 Å². The fourth-order valence-electron chi connectivity index (χ4n) is 2.05. The molecule has 1 unspecified atom stereocenters. The van der Waals surface area contributed by atoms with Crippen molar-refractivity contribution in [3.8, 4) is 5.75 Å². The molecule has 0 saturated heterocycles. The Morgan fingerprint density at radius 3 is 2.35 bits per heavy atom. The van der Waals surface area contributed by atoms with Gasteiger partial charge in [-0.1, -0.05) is 46.3 Å². The number of hydrogen-bond donors (Lipinski definition) is 1. The molecule has 2 aromatic carbocycles. The van der Waals surface area contributed by atoms with E-state index in [9.17, 15) is 13.2 Å². The van der Waals surface area contributed by atoms with E-state index in [4.69, 9.17) is 4.18 Å². The number of para-hydroxylation sites is 1. The van der Waals surface area contributed by atoms with Gasteiger partial charge in [0, 0.05) is 4.47 Å². The van der Waals surface area contributed by atoms with Crippen LogP contribution in [-0.2, 0) is 14.9 Å². The molecule has 0 spiro atoms. The maximum atomic E-state index is 12.0. The average Bonchev–Trinajstić information content (AvgIpc) is 2.53. The SMILES string of the molecule is O=CNC(CCS(=O)(=O)Oc1ccccc1)c1ccc(Br)cc1. The molecule has 0 saturated carbocycles. The summed E-state index contributed by atoms with van der Waals surface area (Å²) in [6.45, 7) is 0. The van der Waals surface area contributed by atoms with Gasteiger partial charge in [-0.05, 0) is 36.2 Å². The molecule has 2 aromatic rings. The standard InChI is InChI=1S/C16H16BrNO4S/c17-14-8-6-13(7-9-14)16(18-12-19)10-11-23(20,21)22-15-4-2-1-3-5-15/h1-9,12,16H,10-11H2,(H,18,19). The van der Waals surface area contributed by atoms with Crippen LogP contribution in [0.3, 0.4) is 0 Å². The Labute approximate surface area is 143 Å². The molecule has 7 heteroatoms. The monoisotopic (exact) mass is 397 g/mol. The normalized spacial score (nSPS) is 12.4. The second-order valence-electron chi connectivity index (χ2n) is 4.84. The summed E-state index contributed by atoms with van der Waals surface area (Å²) in [5.74, 6) is 0.0692. The highest BCUT2D eigenvalue weighted by molar-refractivity contribution is 9.10. The second kappa shape index (κ2) is 8.12. The average molecular weight is 398 g/mol. The van der Waals surface area contributed by atoms with Gasteiger partial charge in [0.25, 0.3) is 0 Å². The van der Waals surface area contributed by atoms with Gasteiger partial charge in [-0.25, -0.2) is 0 Å². The molecule has 0 aromatic heterocycles. The number of halogens is 1. The van der Waals surface area contributed by atoms with Crippen molar-refractivity contribution >= 4 is 32.5 Å². The van der Waals surface area contributed by atoms with Gasteiger partial charge in [0.05, 0.1) is 11.8 Å². The van der Waals surface area contributed by atoms with Crippen LogP contribution in [0.1, 0.15) is 18.0 Å². The molecule has 1 amide bonds. The minimum atomic E-state index is -3.73. The summed E-state index contributed by atoms with van der Waals surface area (Å²) < 4.78 is 30.0. The molecule has 122 valence electrons. The van der Waals surface area contributed by atoms with Gasteiger partial charge in [-0.15, -0.1) is 0 Å². The smallest absolute Gasteiger partial charge is 0.309 e. The van der Waals surface area contributed by atoms with Gasteiger partial charge < -0.3 is 9.50 Å². The number of carbonyl (C=O) groups excluding carboxylic acids is 1. The topological polar surface area (TPSA) is 72.5 Å². The largest absolute Gasteiger partial charge is 0.382 e. The Morgan fingerprint density at radius 2 is 1.74 bits per heavy atom. The van der Waals surface area contributed by atoms with Crippen LogP contribution < -0.4 is 9.50 Å². The predicted molar refractivity (Wildman–Crippen MR) is 91.6 cm³/mol. The number of carbonyl (C=O) groups is 1. The van der Waals surface area contributed by atoms with Crippen LogP contribution >= 0.6 is 15.9 Å². The van der Waals surface area contributed by atoms with E-state index in [1.165, 1.54) is 0 Å². The summed E-state index contributed by atoms with van der Waals surface area (Å²) in [7, 11) is -3.73. The first-order valence-electron chi connectivity index (χ1n) is 6.92. The minimum Gasteiger partial charge on any atom is -0.382 e. The van der Waals surface area contributed by atoms with Crippen molar-refractivity contribution in [3.05, 3.63) is 64.6 Å². The fourth-order valence-corrected chi connectivity index (χ4v) is 3.33. The number of amides is 1. The summed E-state index contributed by atoms with van der Waals surface area (Å²) >= 11 is 3.34. The quantitative estimate of drug-likeness (QED) is 0.548. The number of hydrogen-bond acceptors (Lipinski definition) is 4. The first kappa shape index (κ1) is 17.5. The molecule has 0 aliphatic rings. The zero-order valence-electron chi connectivity index (χ0n) is 12.2. The Bertz CT molecular complexity index is 732. The first-order chi connectivity index (χ1) is 11.0. The van der Waals surface area contributed by atoms with E-state index < -0.39 is 16.2 Å². The predicted octanol–water partition coefficient (Wildman–Crippen LogP) is 3.04. The maximum absolute atomic E-state index is 12.0. The van der Waals surface area contributed by atoms with E-state index in [1.807, 2.05) is 24.3 Å². The van der Waals surface area contributed by atoms with E-state index in [-0.39, 0.29) is 17.9 Å². The molecule has 1 N–H and O–H groups in total. The number of benzene rings is 2. The molecule has 0 bridgehead atoms. The highest BCUT2D eigenvalue weighted by atomic mass is 79.9. The zero-order valence-corrected chi connectivity index (χ0v) is 14.6. The zero-order chi connectivity index (χ0) is 16.7. The van der Waals surface area contributed by atoms with E-state index >= 15 is 0 Å². The van der Waals surface area contributed by atoms with Crippen molar-refractivity contribution in [2.45, 2.75) is 12.5 Å². The highest BCUT2D eigenvalue weighted by Crippen LogP contribution is 2.21. The van der Waals surface area contributed by atoms with E-state index in [2.05, 4.69) is 21.2 Å². The molecule has 0 aliphatic heterocycles. The Hall–Kier alpha value is -1.86. The summed E-state index contributed by atoms with van der Waals surface area (Å²) in [5, 5.41) is 2.64. The third kappa shape index (κ3) is 5.69. The van der Waals surface area contributed by atoms with Crippen molar-refractivity contribution < 1.29 is 17.4 Å². The van der Waals surface area contributed by atoms with Gasteiger partial charge in [0.2, 0.25) is 6.41 Å². The van der Waals surface area contributed by atoms with Crippen LogP contribution in [-0.4, -0.2) is 20.6 Å². The van der Waals surface area contributed by atoms with Gasteiger partial charge >= 0.3 is 10.1 Å². The molecular formula is C16H16BrNO4S. The van der Waals surface area contributed by atoms with Gasteiger partial charge in [-0.3, -0.25) is 4.79 Å². The summed E-state index contributed by atoms with van der Waals surface area (Å²) in [6, 6.07) is 15.3. The third-order valence-electron chi connectivity index (χ3n) is 3.16. The Balaban J connectivity index is 2.03. The third-order valence-corrected chi connectivity index (χ3v) is 4.88. The first-order valence-corrected chi connectivity index (χ1v) is 9.29. The van der Waals surface area contributed by atoms with Crippen molar-refractivity contribution in [2.75, 3.05) is 5.75 Å². The van der Waals surface area contributed by atoms with Crippen LogP contribution in [0, 0.1) is 0 Å². The lowest BCUT2D eigenvalue weighted by Gasteiger charge is -2.16. The summed E-state index contributed by atoms with van der Waals surface area (Å²) in [4.78, 5) is 10.8. The molecule has 0 aliphatic carbocycles. The molecule has 2 rings (SSSR count). The lowest BCUT2D eigenvalue weighted by Crippen LogP contribution is -2.24. The van der Waals surface area contributed by atoms with E-state index in [0.717, 1.165) is 10.0 Å². The lowest BCUT2D eigenvalue weighted by atomic mass is 10.1. The van der Waals surface area contributed by atoms with E-state index in [0.29, 0.717) is 6.41 Å². The Kier molecular flexibility index (Phi) is 6.18. The minimum absolute atomic E-state index is 0.205. The number of rotatable bonds is 8. The fraction of sp³-hybridized carbons (Fsp3) is 0.188. The van der Waals surface area contributed by atoms with Crippen LogP contribution in [0.2, 0.25) is 0 Å². The molecule has 1 atom stereocenters. The number of nitrogens with one attached hydrogen (secondary N) is 1. The van der Waals surface area contributed by atoms with Crippen LogP contribution in [0.4, 0.5) is 0 Å². The van der Waals surface area contributed by atoms with Crippen LogP contribution in [0.15, 0.2) is 59.1 Å². The summed E-state index contributed by atoms with van der Waals surface area (Å²) in [6.07, 6.45) is 0.785. The summed E-state index contributed by atoms with van der Waals surface area (Å²) in [5.41, 5.74) is 0.829. The Morgan fingerprint density at radius 1 is 1.09 bits per heavy atom. The van der Waals surface area contributed by atoms with Crippen molar-refractivity contribution in [1.82, 2.24) is 5.32 Å². The van der Waals surface area contributed by atoms with Gasteiger partial charge in [0.15, 0.2) is 0 Å².